The number of aryl methyl sites for hydroxylation is 2. The Hall–Kier alpha value is -2.38. The molecule has 8 heteroatoms. The van der Waals surface area contributed by atoms with Gasteiger partial charge in [0.15, 0.2) is 11.2 Å². The van der Waals surface area contributed by atoms with Crippen LogP contribution in [0.1, 0.15) is 45.4 Å². The number of carbonyl (C=O) groups is 1. The van der Waals surface area contributed by atoms with Crippen molar-refractivity contribution in [3.05, 3.63) is 27.2 Å². The SMILES string of the molecule is CC1CCC(N(C)C(=O)CCCn2cnc3c2c(=O)n(C)c(=O)n3C)CC1. The molecule has 0 bridgehead atoms. The van der Waals surface area contributed by atoms with E-state index in [4.69, 9.17) is 0 Å². The molecule has 2 aromatic heterocycles. The second-order valence-corrected chi connectivity index (χ2v) is 7.84. The maximum absolute atomic E-state index is 12.5. The smallest absolute Gasteiger partial charge is 0.332 e. The molecule has 0 saturated heterocycles. The van der Waals surface area contributed by atoms with Gasteiger partial charge < -0.3 is 9.47 Å². The largest absolute Gasteiger partial charge is 0.343 e. The van der Waals surface area contributed by atoms with Crippen molar-refractivity contribution in [2.75, 3.05) is 7.05 Å². The number of aromatic nitrogens is 4. The normalized spacial score (nSPS) is 20.1. The van der Waals surface area contributed by atoms with Crippen LogP contribution in [-0.2, 0) is 25.4 Å². The van der Waals surface area contributed by atoms with E-state index in [1.165, 1.54) is 24.5 Å². The number of carbonyl (C=O) groups excluding carboxylic acids is 1. The minimum atomic E-state index is -0.392. The van der Waals surface area contributed by atoms with Gasteiger partial charge >= 0.3 is 5.69 Å². The molecule has 3 rings (SSSR count). The third-order valence-electron chi connectivity index (χ3n) is 5.93. The zero-order chi connectivity index (χ0) is 19.7. The first kappa shape index (κ1) is 19.4. The lowest BCUT2D eigenvalue weighted by Crippen LogP contribution is -2.39. The van der Waals surface area contributed by atoms with E-state index in [1.807, 2.05) is 11.9 Å². The van der Waals surface area contributed by atoms with Gasteiger partial charge in [0.05, 0.1) is 6.33 Å². The topological polar surface area (TPSA) is 82.1 Å². The summed E-state index contributed by atoms with van der Waals surface area (Å²) in [5.41, 5.74) is 0.0336. The van der Waals surface area contributed by atoms with Gasteiger partial charge in [0.1, 0.15) is 0 Å². The lowest BCUT2D eigenvalue weighted by atomic mass is 9.86. The molecule has 27 heavy (non-hydrogen) atoms. The molecule has 1 amide bonds. The summed E-state index contributed by atoms with van der Waals surface area (Å²) in [6.07, 6.45) is 7.18. The summed E-state index contributed by atoms with van der Waals surface area (Å²) in [6, 6.07) is 0.351. The van der Waals surface area contributed by atoms with Gasteiger partial charge in [0.2, 0.25) is 5.91 Å². The molecule has 0 N–H and O–H groups in total. The average molecular weight is 375 g/mol. The Morgan fingerprint density at radius 2 is 1.85 bits per heavy atom. The molecule has 0 unspecified atom stereocenters. The number of rotatable bonds is 5. The molecule has 1 aliphatic carbocycles. The molecule has 1 saturated carbocycles. The highest BCUT2D eigenvalue weighted by Crippen LogP contribution is 2.26. The Morgan fingerprint density at radius 3 is 2.52 bits per heavy atom. The number of nitrogens with zero attached hydrogens (tertiary/aromatic N) is 5. The van der Waals surface area contributed by atoms with E-state index in [1.54, 1.807) is 17.9 Å². The van der Waals surface area contributed by atoms with Crippen LogP contribution in [0.5, 0.6) is 0 Å². The van der Waals surface area contributed by atoms with Crippen molar-refractivity contribution >= 4 is 17.1 Å². The number of imidazole rings is 1. The lowest BCUT2D eigenvalue weighted by Gasteiger charge is -2.33. The molecule has 0 aromatic carbocycles. The van der Waals surface area contributed by atoms with Crippen LogP contribution in [0.2, 0.25) is 0 Å². The zero-order valence-electron chi connectivity index (χ0n) is 16.6. The van der Waals surface area contributed by atoms with E-state index in [9.17, 15) is 14.4 Å². The molecule has 2 heterocycles. The van der Waals surface area contributed by atoms with E-state index in [2.05, 4.69) is 11.9 Å². The van der Waals surface area contributed by atoms with Gasteiger partial charge in [0.25, 0.3) is 5.56 Å². The lowest BCUT2D eigenvalue weighted by molar-refractivity contribution is -0.132. The summed E-state index contributed by atoms with van der Waals surface area (Å²) in [5.74, 6) is 0.914. The number of hydrogen-bond acceptors (Lipinski definition) is 4. The quantitative estimate of drug-likeness (QED) is 0.788. The van der Waals surface area contributed by atoms with Gasteiger partial charge in [-0.25, -0.2) is 9.78 Å². The van der Waals surface area contributed by atoms with Gasteiger partial charge in [-0.15, -0.1) is 0 Å². The number of fused-ring (bicyclic) bond motifs is 1. The molecule has 1 aliphatic rings. The van der Waals surface area contributed by atoms with Gasteiger partial charge in [-0.05, 0) is 38.0 Å². The highest BCUT2D eigenvalue weighted by Gasteiger charge is 2.24. The Labute approximate surface area is 158 Å². The minimum absolute atomic E-state index is 0.152. The summed E-state index contributed by atoms with van der Waals surface area (Å²) < 4.78 is 4.20. The second kappa shape index (κ2) is 7.70. The highest BCUT2D eigenvalue weighted by atomic mass is 16.2. The molecular formula is C19H29N5O3. The summed E-state index contributed by atoms with van der Waals surface area (Å²) in [5, 5.41) is 0. The maximum Gasteiger partial charge on any atom is 0.332 e. The Balaban J connectivity index is 1.65. The minimum Gasteiger partial charge on any atom is -0.343 e. The summed E-state index contributed by atoms with van der Waals surface area (Å²) in [6.45, 7) is 2.79. The Bertz CT molecular complexity index is 947. The summed E-state index contributed by atoms with van der Waals surface area (Å²) in [4.78, 5) is 43.1. The summed E-state index contributed by atoms with van der Waals surface area (Å²) >= 11 is 0. The average Bonchev–Trinajstić information content (AvgIpc) is 3.08. The molecule has 0 aliphatic heterocycles. The molecular weight excluding hydrogens is 346 g/mol. The van der Waals surface area contributed by atoms with E-state index in [0.717, 1.165) is 23.3 Å². The first-order valence-electron chi connectivity index (χ1n) is 9.67. The van der Waals surface area contributed by atoms with Gasteiger partial charge in [0, 0.05) is 40.2 Å². The Morgan fingerprint density at radius 1 is 1.19 bits per heavy atom. The van der Waals surface area contributed by atoms with E-state index < -0.39 is 5.69 Å². The third-order valence-corrected chi connectivity index (χ3v) is 5.93. The van der Waals surface area contributed by atoms with Crippen molar-refractivity contribution < 1.29 is 4.79 Å². The Kier molecular flexibility index (Phi) is 5.53. The number of amides is 1. The van der Waals surface area contributed by atoms with Crippen molar-refractivity contribution in [2.24, 2.45) is 20.0 Å². The standard InChI is InChI=1S/C19H29N5O3/c1-13-7-9-14(10-8-13)21(2)15(25)6-5-11-24-12-20-17-16(24)18(26)23(4)19(27)22(17)3/h12-14H,5-11H2,1-4H3. The molecule has 0 radical (unpaired) electrons. The van der Waals surface area contributed by atoms with Crippen molar-refractivity contribution in [3.8, 4) is 0 Å². The van der Waals surface area contributed by atoms with E-state index in [-0.39, 0.29) is 11.5 Å². The van der Waals surface area contributed by atoms with E-state index >= 15 is 0 Å². The van der Waals surface area contributed by atoms with E-state index in [0.29, 0.717) is 36.6 Å². The first-order valence-corrected chi connectivity index (χ1v) is 9.67. The van der Waals surface area contributed by atoms with Crippen LogP contribution in [0.15, 0.2) is 15.9 Å². The van der Waals surface area contributed by atoms with Gasteiger partial charge in [-0.1, -0.05) is 6.92 Å². The van der Waals surface area contributed by atoms with Gasteiger partial charge in [-0.2, -0.15) is 0 Å². The van der Waals surface area contributed by atoms with Crippen LogP contribution in [0.3, 0.4) is 0 Å². The fraction of sp³-hybridized carbons (Fsp3) is 0.684. The van der Waals surface area contributed by atoms with Crippen LogP contribution in [0, 0.1) is 5.92 Å². The molecule has 0 atom stereocenters. The zero-order valence-corrected chi connectivity index (χ0v) is 16.6. The van der Waals surface area contributed by atoms with Crippen molar-refractivity contribution in [1.29, 1.82) is 0 Å². The predicted octanol–water partition coefficient (Wildman–Crippen LogP) is 1.25. The molecule has 0 spiro atoms. The first-order chi connectivity index (χ1) is 12.8. The van der Waals surface area contributed by atoms with Crippen LogP contribution < -0.4 is 11.2 Å². The molecule has 148 valence electrons. The van der Waals surface area contributed by atoms with Crippen molar-refractivity contribution in [3.63, 3.8) is 0 Å². The van der Waals surface area contributed by atoms with Crippen molar-refractivity contribution in [1.82, 2.24) is 23.6 Å². The fourth-order valence-corrected chi connectivity index (χ4v) is 3.98. The van der Waals surface area contributed by atoms with Crippen LogP contribution in [0.25, 0.3) is 11.2 Å². The summed E-state index contributed by atoms with van der Waals surface area (Å²) in [7, 11) is 4.97. The van der Waals surface area contributed by atoms with Crippen LogP contribution >= 0.6 is 0 Å². The second-order valence-electron chi connectivity index (χ2n) is 7.84. The molecule has 2 aromatic rings. The maximum atomic E-state index is 12.5. The monoisotopic (exact) mass is 375 g/mol. The predicted molar refractivity (Wildman–Crippen MR) is 104 cm³/mol. The third kappa shape index (κ3) is 3.70. The van der Waals surface area contributed by atoms with Gasteiger partial charge in [-0.3, -0.25) is 18.7 Å². The fourth-order valence-electron chi connectivity index (χ4n) is 3.98. The van der Waals surface area contributed by atoms with Crippen LogP contribution in [0.4, 0.5) is 0 Å². The van der Waals surface area contributed by atoms with Crippen molar-refractivity contribution in [2.45, 2.75) is 58.0 Å². The van der Waals surface area contributed by atoms with Crippen LogP contribution in [-0.4, -0.2) is 42.6 Å². The number of hydrogen-bond donors (Lipinski definition) is 0. The highest BCUT2D eigenvalue weighted by molar-refractivity contribution is 5.76. The molecule has 1 fully saturated rings. The molecule has 8 nitrogen and oxygen atoms in total.